The van der Waals surface area contributed by atoms with E-state index in [1.54, 1.807) is 30.6 Å². The van der Waals surface area contributed by atoms with E-state index in [2.05, 4.69) is 9.88 Å². The van der Waals surface area contributed by atoms with Crippen molar-refractivity contribution in [2.75, 3.05) is 46.4 Å². The Balaban J connectivity index is 1.53. The van der Waals surface area contributed by atoms with Gasteiger partial charge in [-0.05, 0) is 52.8 Å². The van der Waals surface area contributed by atoms with Crippen molar-refractivity contribution in [2.45, 2.75) is 51.4 Å². The van der Waals surface area contributed by atoms with Crippen LogP contribution in [0.5, 0.6) is 17.4 Å². The first-order chi connectivity index (χ1) is 18.9. The topological polar surface area (TPSA) is 105 Å². The predicted octanol–water partition coefficient (Wildman–Crippen LogP) is 4.17. The molecule has 216 valence electrons. The van der Waals surface area contributed by atoms with Gasteiger partial charge in [0.2, 0.25) is 5.88 Å². The van der Waals surface area contributed by atoms with Gasteiger partial charge in [0.25, 0.3) is 5.91 Å². The summed E-state index contributed by atoms with van der Waals surface area (Å²) in [5.74, 6) is -1.50. The maximum atomic E-state index is 14.9. The number of phenols is 1. The van der Waals surface area contributed by atoms with E-state index in [4.69, 9.17) is 25.8 Å². The van der Waals surface area contributed by atoms with Crippen LogP contribution in [0.4, 0.5) is 9.18 Å². The lowest BCUT2D eigenvalue weighted by Gasteiger charge is -2.40. The Kier molecular flexibility index (Phi) is 7.71. The monoisotopic (exact) mass is 576 g/mol. The van der Waals surface area contributed by atoms with Crippen LogP contribution in [0.15, 0.2) is 18.2 Å². The molecule has 0 radical (unpaired) electrons. The van der Waals surface area contributed by atoms with Crippen molar-refractivity contribution >= 4 is 23.6 Å². The number of pyridine rings is 1. The van der Waals surface area contributed by atoms with Gasteiger partial charge < -0.3 is 34.0 Å². The summed E-state index contributed by atoms with van der Waals surface area (Å²) in [6, 6.07) is 3.40. The summed E-state index contributed by atoms with van der Waals surface area (Å²) in [6.07, 6.45) is 0.723. The van der Waals surface area contributed by atoms with Crippen molar-refractivity contribution in [3.63, 3.8) is 0 Å². The molecule has 10 nitrogen and oxygen atoms in total. The number of phenolic OH excluding ortho intramolecular Hbond substituents is 1. The van der Waals surface area contributed by atoms with E-state index in [9.17, 15) is 19.1 Å². The summed E-state index contributed by atoms with van der Waals surface area (Å²) in [4.78, 5) is 36.7. The number of amides is 2. The number of halogens is 2. The SMILES string of the molecule is CN1CCC(Oc2nc(-c3c(O)cccc3F)c(Cl)c3c2C(=O)N2CCN(C(=O)OC(C)(C)C)C[C@@H]2CO3)CC1. The quantitative estimate of drug-likeness (QED) is 0.580. The minimum Gasteiger partial charge on any atom is -0.507 e. The van der Waals surface area contributed by atoms with E-state index in [0.717, 1.165) is 13.1 Å². The van der Waals surface area contributed by atoms with Gasteiger partial charge in [-0.25, -0.2) is 14.2 Å². The van der Waals surface area contributed by atoms with Crippen LogP contribution in [-0.2, 0) is 4.74 Å². The Morgan fingerprint density at radius 3 is 2.58 bits per heavy atom. The molecule has 0 unspecified atom stereocenters. The number of carbonyl (C=O) groups excluding carboxylic acids is 2. The number of rotatable bonds is 3. The summed E-state index contributed by atoms with van der Waals surface area (Å²) < 4.78 is 32.9. The maximum absolute atomic E-state index is 14.9. The lowest BCUT2D eigenvalue weighted by Crippen LogP contribution is -2.58. The zero-order chi connectivity index (χ0) is 28.8. The average Bonchev–Trinajstić information content (AvgIpc) is 3.03. The molecular formula is C28H34ClFN4O6. The third-order valence-electron chi connectivity index (χ3n) is 7.26. The van der Waals surface area contributed by atoms with Crippen molar-refractivity contribution in [2.24, 2.45) is 0 Å². The van der Waals surface area contributed by atoms with E-state index in [1.165, 1.54) is 18.2 Å². The van der Waals surface area contributed by atoms with Gasteiger partial charge >= 0.3 is 6.09 Å². The first kappa shape index (κ1) is 28.2. The molecule has 1 N–H and O–H groups in total. The van der Waals surface area contributed by atoms with Crippen LogP contribution in [0.2, 0.25) is 5.02 Å². The molecule has 12 heteroatoms. The van der Waals surface area contributed by atoms with Gasteiger partial charge in [-0.15, -0.1) is 0 Å². The maximum Gasteiger partial charge on any atom is 0.410 e. The first-order valence-corrected chi connectivity index (χ1v) is 13.8. The van der Waals surface area contributed by atoms with E-state index in [0.29, 0.717) is 12.8 Å². The minimum absolute atomic E-state index is 0.0143. The van der Waals surface area contributed by atoms with Crippen molar-refractivity contribution in [3.8, 4) is 28.6 Å². The highest BCUT2D eigenvalue weighted by Crippen LogP contribution is 2.46. The standard InChI is InChI=1S/C28H34ClFN4O6/c1-28(2,3)40-27(37)33-12-13-34-16(14-33)15-38-24-21(26(34)36)25(39-17-8-10-32(4)11-9-17)31-23(22(24)29)20-18(30)6-5-7-19(20)35/h5-7,16-17,35H,8-15H2,1-4H3/t16-/m1/s1. The molecule has 3 aliphatic heterocycles. The van der Waals surface area contributed by atoms with Crippen LogP contribution < -0.4 is 9.47 Å². The number of likely N-dealkylation sites (tertiary alicyclic amines) is 1. The van der Waals surface area contributed by atoms with Crippen molar-refractivity contribution in [1.29, 1.82) is 0 Å². The minimum atomic E-state index is -0.732. The fourth-order valence-electron chi connectivity index (χ4n) is 5.18. The fraction of sp³-hybridized carbons (Fsp3) is 0.536. The first-order valence-electron chi connectivity index (χ1n) is 13.4. The highest BCUT2D eigenvalue weighted by atomic mass is 35.5. The van der Waals surface area contributed by atoms with E-state index in [-0.39, 0.29) is 71.6 Å². The summed E-state index contributed by atoms with van der Waals surface area (Å²) in [7, 11) is 2.02. The Hall–Kier alpha value is -3.31. The molecule has 0 spiro atoms. The Morgan fingerprint density at radius 1 is 1.18 bits per heavy atom. The molecular weight excluding hydrogens is 543 g/mol. The van der Waals surface area contributed by atoms with Gasteiger partial charge in [-0.1, -0.05) is 17.7 Å². The van der Waals surface area contributed by atoms with Crippen molar-refractivity contribution in [1.82, 2.24) is 19.7 Å². The molecule has 5 rings (SSSR count). The number of aromatic hydroxyl groups is 1. The third kappa shape index (κ3) is 5.62. The number of fused-ring (bicyclic) bond motifs is 2. The molecule has 4 heterocycles. The number of hydrogen-bond donors (Lipinski definition) is 1. The highest BCUT2D eigenvalue weighted by molar-refractivity contribution is 6.35. The Morgan fingerprint density at radius 2 is 1.90 bits per heavy atom. The number of hydrogen-bond acceptors (Lipinski definition) is 8. The van der Waals surface area contributed by atoms with Crippen molar-refractivity contribution in [3.05, 3.63) is 34.6 Å². The Labute approximate surface area is 237 Å². The van der Waals surface area contributed by atoms with Gasteiger partial charge in [0.05, 0.1) is 11.6 Å². The molecule has 2 fully saturated rings. The molecule has 0 bridgehead atoms. The van der Waals surface area contributed by atoms with Crippen LogP contribution >= 0.6 is 11.6 Å². The second kappa shape index (κ2) is 10.9. The van der Waals surface area contributed by atoms with Crippen LogP contribution in [0.25, 0.3) is 11.3 Å². The number of nitrogens with zero attached hydrogens (tertiary/aromatic N) is 4. The molecule has 2 amide bonds. The van der Waals surface area contributed by atoms with E-state index >= 15 is 0 Å². The third-order valence-corrected chi connectivity index (χ3v) is 7.61. The molecule has 0 saturated carbocycles. The molecule has 1 atom stereocenters. The Bertz CT molecular complexity index is 1290. The van der Waals surface area contributed by atoms with Gasteiger partial charge in [-0.3, -0.25) is 4.79 Å². The summed E-state index contributed by atoms with van der Waals surface area (Å²) >= 11 is 6.74. The van der Waals surface area contributed by atoms with Crippen LogP contribution in [0.3, 0.4) is 0 Å². The summed E-state index contributed by atoms with van der Waals surface area (Å²) in [5, 5.41) is 10.4. The van der Waals surface area contributed by atoms with Gasteiger partial charge in [0.1, 0.15) is 46.2 Å². The average molecular weight is 577 g/mol. The second-order valence-corrected chi connectivity index (χ2v) is 11.8. The molecule has 2 saturated heterocycles. The van der Waals surface area contributed by atoms with Gasteiger partial charge in [-0.2, -0.15) is 0 Å². The lowest BCUT2D eigenvalue weighted by molar-refractivity contribution is 0.000858. The largest absolute Gasteiger partial charge is 0.507 e. The molecule has 2 aromatic rings. The van der Waals surface area contributed by atoms with Crippen LogP contribution in [0.1, 0.15) is 44.0 Å². The normalized spacial score (nSPS) is 20.4. The van der Waals surface area contributed by atoms with Crippen LogP contribution in [0, 0.1) is 5.82 Å². The van der Waals surface area contributed by atoms with Crippen molar-refractivity contribution < 1.29 is 33.3 Å². The molecule has 3 aliphatic rings. The summed E-state index contributed by atoms with van der Waals surface area (Å²) in [6.45, 7) is 7.74. The number of piperidine rings is 1. The number of aromatic nitrogens is 1. The molecule has 40 heavy (non-hydrogen) atoms. The smallest absolute Gasteiger partial charge is 0.410 e. The highest BCUT2D eigenvalue weighted by Gasteiger charge is 2.42. The van der Waals surface area contributed by atoms with E-state index in [1.807, 2.05) is 7.05 Å². The zero-order valence-corrected chi connectivity index (χ0v) is 23.8. The molecule has 1 aromatic carbocycles. The van der Waals surface area contributed by atoms with E-state index < -0.39 is 29.5 Å². The zero-order valence-electron chi connectivity index (χ0n) is 23.1. The second-order valence-electron chi connectivity index (χ2n) is 11.4. The predicted molar refractivity (Wildman–Crippen MR) is 146 cm³/mol. The fourth-order valence-corrected chi connectivity index (χ4v) is 5.47. The number of benzene rings is 1. The van der Waals surface area contributed by atoms with Crippen LogP contribution in [-0.4, -0.2) is 101 Å². The molecule has 1 aromatic heterocycles. The number of ether oxygens (including phenoxy) is 3. The van der Waals surface area contributed by atoms with Gasteiger partial charge in [0.15, 0.2) is 5.75 Å². The van der Waals surface area contributed by atoms with Gasteiger partial charge in [0, 0.05) is 32.7 Å². The number of piperazine rings is 1. The lowest BCUT2D eigenvalue weighted by atomic mass is 10.1. The molecule has 0 aliphatic carbocycles. The number of carbonyl (C=O) groups is 2. The summed E-state index contributed by atoms with van der Waals surface area (Å²) in [5.41, 5.74) is -0.898.